The van der Waals surface area contributed by atoms with Gasteiger partial charge in [0.15, 0.2) is 5.82 Å². The molecular weight excluding hydrogens is 413 g/mol. The van der Waals surface area contributed by atoms with E-state index >= 15 is 0 Å². The molecule has 0 saturated carbocycles. The number of H-pyrrole nitrogens is 1. The number of piperidine rings is 1. The third-order valence-electron chi connectivity index (χ3n) is 6.24. The number of nitrogens with zero attached hydrogens (tertiary/aromatic N) is 3. The molecule has 0 aliphatic carbocycles. The van der Waals surface area contributed by atoms with Crippen LogP contribution in [-0.4, -0.2) is 32.7 Å². The number of hydrogen-bond donors (Lipinski definition) is 2. The summed E-state index contributed by atoms with van der Waals surface area (Å²) in [5.74, 6) is 1.47. The van der Waals surface area contributed by atoms with Gasteiger partial charge in [0.2, 0.25) is 0 Å². The van der Waals surface area contributed by atoms with Gasteiger partial charge >= 0.3 is 0 Å². The second-order valence-corrected chi connectivity index (χ2v) is 9.03. The number of likely N-dealkylation sites (tertiary alicyclic amines) is 1. The van der Waals surface area contributed by atoms with E-state index in [4.69, 9.17) is 11.6 Å². The lowest BCUT2D eigenvalue weighted by Crippen LogP contribution is -2.40. The Balaban J connectivity index is 1.38. The standard InChI is InChI=1S/C24H29ClFN5/c1-15-11-24(30-29-15)28-23-8-7-21(26)22(27-23)13-18-9-10-31(16(2)12-18)14-19-5-4-6-20(25)17(19)3/h4-8,11,16,18H,9-10,12-14H2,1-3H3,(H2,27,28,29,30)/t16-,18?/m1/s1. The van der Waals surface area contributed by atoms with E-state index in [1.807, 2.05) is 25.1 Å². The van der Waals surface area contributed by atoms with E-state index < -0.39 is 0 Å². The van der Waals surface area contributed by atoms with Crippen LogP contribution in [0.4, 0.5) is 16.0 Å². The molecular formula is C24H29ClFN5. The van der Waals surface area contributed by atoms with Crippen LogP contribution in [0.5, 0.6) is 0 Å². The Kier molecular flexibility index (Phi) is 6.58. The molecule has 1 unspecified atom stereocenters. The lowest BCUT2D eigenvalue weighted by molar-refractivity contribution is 0.115. The van der Waals surface area contributed by atoms with Crippen LogP contribution in [0.3, 0.4) is 0 Å². The van der Waals surface area contributed by atoms with Gasteiger partial charge in [-0.05, 0) is 81.8 Å². The van der Waals surface area contributed by atoms with Crippen molar-refractivity contribution < 1.29 is 4.39 Å². The largest absolute Gasteiger partial charge is 0.323 e. The van der Waals surface area contributed by atoms with Crippen LogP contribution in [-0.2, 0) is 13.0 Å². The second-order valence-electron chi connectivity index (χ2n) is 8.62. The monoisotopic (exact) mass is 441 g/mol. The van der Waals surface area contributed by atoms with Crippen molar-refractivity contribution in [3.8, 4) is 0 Å². The zero-order valence-electron chi connectivity index (χ0n) is 18.3. The molecule has 0 amide bonds. The van der Waals surface area contributed by atoms with Gasteiger partial charge in [-0.25, -0.2) is 9.37 Å². The SMILES string of the molecule is Cc1cc(Nc2ccc(F)c(CC3CCN(Cc4cccc(Cl)c4C)[C@H](C)C3)n2)n[nH]1. The molecule has 0 bridgehead atoms. The minimum Gasteiger partial charge on any atom is -0.323 e. The van der Waals surface area contributed by atoms with Gasteiger partial charge in [0, 0.05) is 29.4 Å². The number of aromatic nitrogens is 3. The number of hydrogen-bond acceptors (Lipinski definition) is 4. The van der Waals surface area contributed by atoms with Crippen molar-refractivity contribution in [2.45, 2.75) is 52.6 Å². The molecule has 164 valence electrons. The first-order valence-electron chi connectivity index (χ1n) is 10.8. The van der Waals surface area contributed by atoms with Gasteiger partial charge in [0.25, 0.3) is 0 Å². The Labute approximate surface area is 188 Å². The van der Waals surface area contributed by atoms with Gasteiger partial charge in [-0.15, -0.1) is 0 Å². The number of anilines is 2. The Hall–Kier alpha value is -2.44. The molecule has 1 aliphatic heterocycles. The van der Waals surface area contributed by atoms with Gasteiger partial charge < -0.3 is 5.32 Å². The molecule has 3 aromatic rings. The lowest BCUT2D eigenvalue weighted by Gasteiger charge is -2.38. The van der Waals surface area contributed by atoms with Crippen LogP contribution in [0.2, 0.25) is 5.02 Å². The maximum absolute atomic E-state index is 14.5. The van der Waals surface area contributed by atoms with E-state index in [9.17, 15) is 4.39 Å². The topological polar surface area (TPSA) is 56.8 Å². The van der Waals surface area contributed by atoms with E-state index in [0.29, 0.717) is 35.7 Å². The molecule has 1 aliphatic rings. The van der Waals surface area contributed by atoms with Crippen molar-refractivity contribution in [2.75, 3.05) is 11.9 Å². The molecule has 4 rings (SSSR count). The Morgan fingerprint density at radius 2 is 2.06 bits per heavy atom. The minimum atomic E-state index is -0.242. The average molecular weight is 442 g/mol. The molecule has 5 nitrogen and oxygen atoms in total. The van der Waals surface area contributed by atoms with Gasteiger partial charge in [-0.1, -0.05) is 23.7 Å². The van der Waals surface area contributed by atoms with Crippen LogP contribution >= 0.6 is 11.6 Å². The predicted molar refractivity (Wildman–Crippen MR) is 123 cm³/mol. The number of halogens is 2. The molecule has 2 atom stereocenters. The van der Waals surface area contributed by atoms with Gasteiger partial charge in [0.05, 0.1) is 5.69 Å². The summed E-state index contributed by atoms with van der Waals surface area (Å²) in [6, 6.07) is 11.6. The lowest BCUT2D eigenvalue weighted by atomic mass is 9.87. The Morgan fingerprint density at radius 3 is 2.81 bits per heavy atom. The first-order valence-corrected chi connectivity index (χ1v) is 11.2. The normalized spacial score (nSPS) is 19.5. The molecule has 1 saturated heterocycles. The first-order chi connectivity index (χ1) is 14.9. The number of pyridine rings is 1. The maximum atomic E-state index is 14.5. The highest BCUT2D eigenvalue weighted by atomic mass is 35.5. The van der Waals surface area contributed by atoms with Crippen LogP contribution in [0, 0.1) is 25.6 Å². The van der Waals surface area contributed by atoms with E-state index in [2.05, 4.69) is 45.3 Å². The number of rotatable bonds is 6. The molecule has 1 fully saturated rings. The molecule has 31 heavy (non-hydrogen) atoms. The summed E-state index contributed by atoms with van der Waals surface area (Å²) in [4.78, 5) is 7.03. The van der Waals surface area contributed by atoms with E-state index in [0.717, 1.165) is 42.2 Å². The summed E-state index contributed by atoms with van der Waals surface area (Å²) in [7, 11) is 0. The van der Waals surface area contributed by atoms with Crippen molar-refractivity contribution in [3.63, 3.8) is 0 Å². The van der Waals surface area contributed by atoms with Crippen molar-refractivity contribution in [3.05, 3.63) is 69.8 Å². The summed E-state index contributed by atoms with van der Waals surface area (Å²) in [6.45, 7) is 8.16. The van der Waals surface area contributed by atoms with Gasteiger partial charge in [-0.2, -0.15) is 5.10 Å². The summed E-state index contributed by atoms with van der Waals surface area (Å²) in [5.41, 5.74) is 3.91. The molecule has 2 aromatic heterocycles. The first kappa shape index (κ1) is 21.8. The third-order valence-corrected chi connectivity index (χ3v) is 6.65. The average Bonchev–Trinajstić information content (AvgIpc) is 3.14. The highest BCUT2D eigenvalue weighted by Crippen LogP contribution is 2.29. The van der Waals surface area contributed by atoms with E-state index in [1.165, 1.54) is 11.6 Å². The van der Waals surface area contributed by atoms with Crippen LogP contribution in [0.1, 0.15) is 42.3 Å². The quantitative estimate of drug-likeness (QED) is 0.507. The second kappa shape index (κ2) is 9.37. The zero-order chi connectivity index (χ0) is 22.0. The minimum absolute atomic E-state index is 0.242. The molecule has 0 radical (unpaired) electrons. The van der Waals surface area contributed by atoms with Crippen LogP contribution < -0.4 is 5.32 Å². The predicted octanol–water partition coefficient (Wildman–Crippen LogP) is 5.80. The number of aryl methyl sites for hydroxylation is 1. The molecule has 7 heteroatoms. The summed E-state index contributed by atoms with van der Waals surface area (Å²) >= 11 is 6.29. The van der Waals surface area contributed by atoms with Crippen molar-refractivity contribution >= 4 is 23.2 Å². The van der Waals surface area contributed by atoms with Crippen molar-refractivity contribution in [1.82, 2.24) is 20.1 Å². The fourth-order valence-corrected chi connectivity index (χ4v) is 4.56. The molecule has 0 spiro atoms. The smallest absolute Gasteiger partial charge is 0.153 e. The molecule has 3 heterocycles. The van der Waals surface area contributed by atoms with E-state index in [1.54, 1.807) is 6.07 Å². The summed E-state index contributed by atoms with van der Waals surface area (Å²) in [5, 5.41) is 11.0. The highest BCUT2D eigenvalue weighted by molar-refractivity contribution is 6.31. The highest BCUT2D eigenvalue weighted by Gasteiger charge is 2.27. The Bertz CT molecular complexity index is 1050. The fraction of sp³-hybridized carbons (Fsp3) is 0.417. The zero-order valence-corrected chi connectivity index (χ0v) is 19.0. The maximum Gasteiger partial charge on any atom is 0.153 e. The Morgan fingerprint density at radius 1 is 1.23 bits per heavy atom. The number of nitrogens with one attached hydrogen (secondary N) is 2. The van der Waals surface area contributed by atoms with Gasteiger partial charge in [-0.3, -0.25) is 10.00 Å². The summed E-state index contributed by atoms with van der Waals surface area (Å²) in [6.07, 6.45) is 2.70. The van der Waals surface area contributed by atoms with Crippen molar-refractivity contribution in [2.24, 2.45) is 5.92 Å². The number of aromatic amines is 1. The van der Waals surface area contributed by atoms with Crippen LogP contribution in [0.25, 0.3) is 0 Å². The fourth-order valence-electron chi connectivity index (χ4n) is 4.36. The molecule has 2 N–H and O–H groups in total. The molecule has 1 aromatic carbocycles. The third kappa shape index (κ3) is 5.25. The van der Waals surface area contributed by atoms with E-state index in [-0.39, 0.29) is 5.82 Å². The number of benzene rings is 1. The van der Waals surface area contributed by atoms with Gasteiger partial charge in [0.1, 0.15) is 11.6 Å². The van der Waals surface area contributed by atoms with Crippen LogP contribution in [0.15, 0.2) is 36.4 Å². The summed E-state index contributed by atoms with van der Waals surface area (Å²) < 4.78 is 14.5. The van der Waals surface area contributed by atoms with Crippen molar-refractivity contribution in [1.29, 1.82) is 0 Å².